The lowest BCUT2D eigenvalue weighted by Gasteiger charge is -2.27. The number of aryl methyl sites for hydroxylation is 1. The second-order valence-corrected chi connectivity index (χ2v) is 6.30. The normalized spacial score (nSPS) is 13.7. The van der Waals surface area contributed by atoms with Gasteiger partial charge in [0.25, 0.3) is 5.91 Å². The molecule has 134 valence electrons. The molecular weight excluding hydrogens is 328 g/mol. The number of benzene rings is 1. The number of nitrogens with zero attached hydrogens (tertiary/aromatic N) is 4. The molecule has 0 unspecified atom stereocenters. The van der Waals surface area contributed by atoms with E-state index in [9.17, 15) is 4.79 Å². The topological polar surface area (TPSA) is 78.8 Å². The highest BCUT2D eigenvalue weighted by atomic mass is 16.2. The number of carbonyl (C=O) groups excluding carboxylic acids is 1. The molecule has 4 rings (SSSR count). The van der Waals surface area contributed by atoms with E-state index in [4.69, 9.17) is 0 Å². The molecule has 1 aliphatic rings. The van der Waals surface area contributed by atoms with Crippen molar-refractivity contribution in [2.24, 2.45) is 0 Å². The van der Waals surface area contributed by atoms with Gasteiger partial charge in [-0.2, -0.15) is 5.10 Å². The minimum absolute atomic E-state index is 0.0316. The third-order valence-electron chi connectivity index (χ3n) is 4.69. The zero-order chi connectivity index (χ0) is 17.9. The van der Waals surface area contributed by atoms with E-state index < -0.39 is 0 Å². The fourth-order valence-electron chi connectivity index (χ4n) is 3.32. The minimum atomic E-state index is 0.0316. The number of aromatic nitrogens is 4. The Morgan fingerprint density at radius 3 is 2.85 bits per heavy atom. The summed E-state index contributed by atoms with van der Waals surface area (Å²) in [6, 6.07) is 8.00. The molecule has 0 atom stereocenters. The molecular formula is C19H22N6O. The van der Waals surface area contributed by atoms with Crippen LogP contribution in [-0.2, 0) is 19.4 Å². The Kier molecular flexibility index (Phi) is 4.43. The van der Waals surface area contributed by atoms with Crippen molar-refractivity contribution < 1.29 is 4.79 Å². The van der Waals surface area contributed by atoms with Gasteiger partial charge in [-0.1, -0.05) is 0 Å². The van der Waals surface area contributed by atoms with E-state index in [1.54, 1.807) is 10.9 Å². The Morgan fingerprint density at radius 2 is 2.12 bits per heavy atom. The highest BCUT2D eigenvalue weighted by Gasteiger charge is 2.29. The number of hydrogen-bond acceptors (Lipinski definition) is 4. The number of carbonyl (C=O) groups is 1. The summed E-state index contributed by atoms with van der Waals surface area (Å²) in [4.78, 5) is 22.0. The van der Waals surface area contributed by atoms with Gasteiger partial charge in [-0.25, -0.2) is 4.98 Å². The molecule has 26 heavy (non-hydrogen) atoms. The summed E-state index contributed by atoms with van der Waals surface area (Å²) in [5.41, 5.74) is 3.72. The number of fused-ring (bicyclic) bond motifs is 1. The minimum Gasteiger partial charge on any atom is -0.385 e. The van der Waals surface area contributed by atoms with Crippen molar-refractivity contribution in [2.45, 2.75) is 26.3 Å². The third kappa shape index (κ3) is 3.08. The van der Waals surface area contributed by atoms with Crippen LogP contribution in [0.25, 0.3) is 0 Å². The number of imidazole rings is 1. The van der Waals surface area contributed by atoms with Gasteiger partial charge in [0, 0.05) is 55.4 Å². The summed E-state index contributed by atoms with van der Waals surface area (Å²) in [6.45, 7) is 4.19. The van der Waals surface area contributed by atoms with Crippen LogP contribution in [-0.4, -0.2) is 38.7 Å². The average Bonchev–Trinajstić information content (AvgIpc) is 3.32. The summed E-state index contributed by atoms with van der Waals surface area (Å²) in [5.74, 6) is 1.00. The summed E-state index contributed by atoms with van der Waals surface area (Å²) in [6.07, 6.45) is 7.08. The van der Waals surface area contributed by atoms with Crippen molar-refractivity contribution in [3.8, 4) is 0 Å². The van der Waals surface area contributed by atoms with Gasteiger partial charge in [-0.3, -0.25) is 9.48 Å². The lowest BCUT2D eigenvalue weighted by molar-refractivity contribution is 0.0970. The summed E-state index contributed by atoms with van der Waals surface area (Å²) >= 11 is 0. The molecule has 2 N–H and O–H groups in total. The predicted molar refractivity (Wildman–Crippen MR) is 101 cm³/mol. The van der Waals surface area contributed by atoms with Gasteiger partial charge in [0.05, 0.1) is 6.20 Å². The van der Waals surface area contributed by atoms with Crippen molar-refractivity contribution in [3.05, 3.63) is 59.9 Å². The van der Waals surface area contributed by atoms with Crippen molar-refractivity contribution in [1.29, 1.82) is 0 Å². The van der Waals surface area contributed by atoms with Crippen LogP contribution in [0.1, 0.15) is 28.8 Å². The van der Waals surface area contributed by atoms with E-state index in [1.165, 1.54) is 0 Å². The first kappa shape index (κ1) is 16.4. The fourth-order valence-corrected chi connectivity index (χ4v) is 3.32. The molecule has 0 saturated carbocycles. The standard InChI is InChI=1S/C19H22N6O/c1-2-25-18-14(13-23-25)8-12-24(19(18)26)16-5-3-15(4-6-16)20-9-7-17-21-10-11-22-17/h3-6,10-11,13,20H,2,7-9,12H2,1H3,(H,21,22). The molecule has 3 heterocycles. The summed E-state index contributed by atoms with van der Waals surface area (Å²) in [5, 5.41) is 7.69. The van der Waals surface area contributed by atoms with E-state index >= 15 is 0 Å². The maximum Gasteiger partial charge on any atom is 0.276 e. The van der Waals surface area contributed by atoms with Crippen LogP contribution in [0.2, 0.25) is 0 Å². The van der Waals surface area contributed by atoms with Crippen LogP contribution in [0.5, 0.6) is 0 Å². The van der Waals surface area contributed by atoms with Gasteiger partial charge in [0.15, 0.2) is 0 Å². The van der Waals surface area contributed by atoms with Crippen LogP contribution in [0.4, 0.5) is 11.4 Å². The molecule has 3 aromatic rings. The number of H-pyrrole nitrogens is 1. The van der Waals surface area contributed by atoms with Gasteiger partial charge >= 0.3 is 0 Å². The van der Waals surface area contributed by atoms with Crippen LogP contribution < -0.4 is 10.2 Å². The molecule has 7 heteroatoms. The SMILES string of the molecule is CCn1ncc2c1C(=O)N(c1ccc(NCCc3ncc[nH]3)cc1)CC2. The molecule has 1 amide bonds. The van der Waals surface area contributed by atoms with E-state index in [2.05, 4.69) is 20.4 Å². The number of amides is 1. The molecule has 2 aromatic heterocycles. The first-order valence-electron chi connectivity index (χ1n) is 8.95. The van der Waals surface area contributed by atoms with Gasteiger partial charge in [0.1, 0.15) is 11.5 Å². The Balaban J connectivity index is 1.43. The van der Waals surface area contributed by atoms with Gasteiger partial charge in [-0.15, -0.1) is 0 Å². The smallest absolute Gasteiger partial charge is 0.276 e. The van der Waals surface area contributed by atoms with Crippen LogP contribution >= 0.6 is 0 Å². The maximum absolute atomic E-state index is 12.9. The largest absolute Gasteiger partial charge is 0.385 e. The Labute approximate surface area is 152 Å². The monoisotopic (exact) mass is 350 g/mol. The quantitative estimate of drug-likeness (QED) is 0.716. The summed E-state index contributed by atoms with van der Waals surface area (Å²) in [7, 11) is 0. The zero-order valence-corrected chi connectivity index (χ0v) is 14.8. The number of nitrogens with one attached hydrogen (secondary N) is 2. The average molecular weight is 350 g/mol. The lowest BCUT2D eigenvalue weighted by atomic mass is 10.1. The second-order valence-electron chi connectivity index (χ2n) is 6.30. The number of rotatable bonds is 6. The molecule has 0 radical (unpaired) electrons. The van der Waals surface area contributed by atoms with E-state index in [1.807, 2.05) is 48.5 Å². The number of hydrogen-bond donors (Lipinski definition) is 2. The predicted octanol–water partition coefficient (Wildman–Crippen LogP) is 2.48. The van der Waals surface area contributed by atoms with Gasteiger partial charge in [0.2, 0.25) is 0 Å². The van der Waals surface area contributed by atoms with E-state index in [0.29, 0.717) is 13.1 Å². The van der Waals surface area contributed by atoms with Crippen LogP contribution in [0.3, 0.4) is 0 Å². The second kappa shape index (κ2) is 7.03. The highest BCUT2D eigenvalue weighted by Crippen LogP contribution is 2.25. The third-order valence-corrected chi connectivity index (χ3v) is 4.69. The molecule has 0 saturated heterocycles. The van der Waals surface area contributed by atoms with Crippen LogP contribution in [0, 0.1) is 0 Å². The number of aromatic amines is 1. The van der Waals surface area contributed by atoms with E-state index in [0.717, 1.165) is 47.8 Å². The Bertz CT molecular complexity index is 868. The van der Waals surface area contributed by atoms with Crippen molar-refractivity contribution >= 4 is 17.3 Å². The Hall–Kier alpha value is -3.09. The summed E-state index contributed by atoms with van der Waals surface area (Å²) < 4.78 is 1.79. The number of anilines is 2. The van der Waals surface area contributed by atoms with Crippen molar-refractivity contribution in [3.63, 3.8) is 0 Å². The maximum atomic E-state index is 12.9. The molecule has 0 spiro atoms. The molecule has 1 aliphatic heterocycles. The van der Waals surface area contributed by atoms with E-state index in [-0.39, 0.29) is 5.91 Å². The van der Waals surface area contributed by atoms with Crippen LogP contribution in [0.15, 0.2) is 42.9 Å². The molecule has 1 aromatic carbocycles. The Morgan fingerprint density at radius 1 is 1.27 bits per heavy atom. The lowest BCUT2D eigenvalue weighted by Crippen LogP contribution is -2.38. The molecule has 0 fully saturated rings. The fraction of sp³-hybridized carbons (Fsp3) is 0.316. The first-order valence-corrected chi connectivity index (χ1v) is 8.95. The van der Waals surface area contributed by atoms with Gasteiger partial charge in [-0.05, 0) is 37.6 Å². The molecule has 0 aliphatic carbocycles. The molecule has 0 bridgehead atoms. The zero-order valence-electron chi connectivity index (χ0n) is 14.8. The molecule has 7 nitrogen and oxygen atoms in total. The van der Waals surface area contributed by atoms with Crippen molar-refractivity contribution in [1.82, 2.24) is 19.7 Å². The highest BCUT2D eigenvalue weighted by molar-refractivity contribution is 6.07. The first-order chi connectivity index (χ1) is 12.8. The van der Waals surface area contributed by atoms with Gasteiger partial charge < -0.3 is 15.2 Å². The van der Waals surface area contributed by atoms with Crippen molar-refractivity contribution in [2.75, 3.05) is 23.3 Å².